The van der Waals surface area contributed by atoms with E-state index in [-0.39, 0.29) is 0 Å². The maximum absolute atomic E-state index is 12.9. The number of benzene rings is 1. The van der Waals surface area contributed by atoms with Crippen LogP contribution in [0, 0.1) is 5.82 Å². The Morgan fingerprint density at radius 3 is 2.71 bits per heavy atom. The molecule has 0 aromatic heterocycles. The number of carbonyl (C=O) groups is 1. The largest absolute Gasteiger partial charge is 0.298 e. The molecule has 14 heavy (non-hydrogen) atoms. The van der Waals surface area contributed by atoms with E-state index in [4.69, 9.17) is 11.6 Å². The first-order valence-electron chi connectivity index (χ1n) is 4.27. The van der Waals surface area contributed by atoms with Crippen molar-refractivity contribution in [2.24, 2.45) is 0 Å². The highest BCUT2D eigenvalue weighted by Gasteiger charge is 1.98. The van der Waals surface area contributed by atoms with Gasteiger partial charge in [0.25, 0.3) is 0 Å². The molecule has 0 radical (unpaired) electrons. The van der Waals surface area contributed by atoms with Crippen LogP contribution in [0.3, 0.4) is 0 Å². The molecule has 0 aliphatic rings. The van der Waals surface area contributed by atoms with Crippen LogP contribution in [0.15, 0.2) is 23.8 Å². The number of rotatable bonds is 3. The molecule has 3 heteroatoms. The number of halogens is 2. The van der Waals surface area contributed by atoms with Crippen molar-refractivity contribution in [1.82, 2.24) is 0 Å². The molecule has 1 aromatic rings. The highest BCUT2D eigenvalue weighted by molar-refractivity contribution is 6.30. The number of carbonyl (C=O) groups excluding carboxylic acids is 1. The molecule has 0 aliphatic heterocycles. The van der Waals surface area contributed by atoms with Gasteiger partial charge >= 0.3 is 0 Å². The summed E-state index contributed by atoms with van der Waals surface area (Å²) < 4.78 is 12.9. The fourth-order valence-corrected chi connectivity index (χ4v) is 1.32. The zero-order valence-electron chi connectivity index (χ0n) is 7.76. The molecule has 0 heterocycles. The van der Waals surface area contributed by atoms with E-state index in [0.29, 0.717) is 22.6 Å². The minimum atomic E-state index is -0.398. The molecule has 0 saturated heterocycles. The van der Waals surface area contributed by atoms with Crippen LogP contribution >= 0.6 is 11.6 Å². The first-order valence-corrected chi connectivity index (χ1v) is 4.65. The normalized spacial score (nSPS) is 11.5. The molecule has 1 rings (SSSR count). The topological polar surface area (TPSA) is 17.1 Å². The summed E-state index contributed by atoms with van der Waals surface area (Å²) >= 11 is 5.66. The Bertz CT molecular complexity index is 351. The lowest BCUT2D eigenvalue weighted by Crippen LogP contribution is -1.84. The van der Waals surface area contributed by atoms with E-state index >= 15 is 0 Å². The van der Waals surface area contributed by atoms with E-state index in [1.54, 1.807) is 12.1 Å². The van der Waals surface area contributed by atoms with Gasteiger partial charge in [-0.3, -0.25) is 4.79 Å². The summed E-state index contributed by atoms with van der Waals surface area (Å²) in [6.07, 6.45) is 3.01. The van der Waals surface area contributed by atoms with Gasteiger partial charge in [0.2, 0.25) is 0 Å². The smallest absolute Gasteiger partial charge is 0.146 e. The zero-order chi connectivity index (χ0) is 10.6. The van der Waals surface area contributed by atoms with Crippen molar-refractivity contribution in [2.45, 2.75) is 13.3 Å². The van der Waals surface area contributed by atoms with Crippen molar-refractivity contribution < 1.29 is 9.18 Å². The average Bonchev–Trinajstić information content (AvgIpc) is 2.12. The van der Waals surface area contributed by atoms with Gasteiger partial charge in [-0.1, -0.05) is 18.5 Å². The summed E-state index contributed by atoms with van der Waals surface area (Å²) in [4.78, 5) is 10.5. The Labute approximate surface area is 87.2 Å². The van der Waals surface area contributed by atoms with Gasteiger partial charge in [-0.15, -0.1) is 0 Å². The van der Waals surface area contributed by atoms with E-state index < -0.39 is 5.82 Å². The van der Waals surface area contributed by atoms with Crippen LogP contribution in [0.4, 0.5) is 4.39 Å². The maximum Gasteiger partial charge on any atom is 0.146 e. The van der Waals surface area contributed by atoms with Crippen molar-refractivity contribution in [3.05, 3.63) is 40.2 Å². The van der Waals surface area contributed by atoms with Crippen molar-refractivity contribution in [2.75, 3.05) is 0 Å². The SMILES string of the molecule is CC/C(C=O)=C/c1cc(F)cc(Cl)c1. The molecule has 0 unspecified atom stereocenters. The van der Waals surface area contributed by atoms with Crippen LogP contribution in [-0.4, -0.2) is 6.29 Å². The molecule has 0 atom stereocenters. The second kappa shape index (κ2) is 4.91. The fourth-order valence-electron chi connectivity index (χ4n) is 1.09. The Hall–Kier alpha value is -1.15. The molecule has 0 spiro atoms. The average molecular weight is 213 g/mol. The minimum absolute atomic E-state index is 0.331. The molecular weight excluding hydrogens is 203 g/mol. The van der Waals surface area contributed by atoms with Gasteiger partial charge in [0.1, 0.15) is 12.1 Å². The highest BCUT2D eigenvalue weighted by atomic mass is 35.5. The molecule has 1 aromatic carbocycles. The predicted molar refractivity (Wildman–Crippen MR) is 55.7 cm³/mol. The number of aldehydes is 1. The van der Waals surface area contributed by atoms with Crippen LogP contribution < -0.4 is 0 Å². The van der Waals surface area contributed by atoms with Gasteiger partial charge < -0.3 is 0 Å². The monoisotopic (exact) mass is 212 g/mol. The zero-order valence-corrected chi connectivity index (χ0v) is 8.51. The van der Waals surface area contributed by atoms with Crippen LogP contribution in [0.5, 0.6) is 0 Å². The molecule has 0 fully saturated rings. The van der Waals surface area contributed by atoms with Crippen molar-refractivity contribution in [1.29, 1.82) is 0 Å². The summed E-state index contributed by atoms with van der Waals surface area (Å²) in [7, 11) is 0. The van der Waals surface area contributed by atoms with Gasteiger partial charge in [0.05, 0.1) is 0 Å². The molecule has 0 saturated carbocycles. The number of allylic oxidation sites excluding steroid dienone is 1. The van der Waals surface area contributed by atoms with Gasteiger partial charge in [0.15, 0.2) is 0 Å². The van der Waals surface area contributed by atoms with E-state index in [2.05, 4.69) is 0 Å². The summed E-state index contributed by atoms with van der Waals surface area (Å²) in [5, 5.41) is 0.331. The van der Waals surface area contributed by atoms with Crippen LogP contribution in [0.25, 0.3) is 6.08 Å². The molecule has 0 bridgehead atoms. The second-order valence-corrected chi connectivity index (χ2v) is 3.33. The van der Waals surface area contributed by atoms with Gasteiger partial charge in [-0.25, -0.2) is 4.39 Å². The summed E-state index contributed by atoms with van der Waals surface area (Å²) in [6.45, 7) is 1.86. The number of hydrogen-bond donors (Lipinski definition) is 0. The summed E-state index contributed by atoms with van der Waals surface area (Å²) in [5.74, 6) is -0.398. The lowest BCUT2D eigenvalue weighted by atomic mass is 10.1. The maximum atomic E-state index is 12.9. The Balaban J connectivity index is 3.07. The quantitative estimate of drug-likeness (QED) is 0.554. The van der Waals surface area contributed by atoms with E-state index in [1.807, 2.05) is 6.92 Å². The minimum Gasteiger partial charge on any atom is -0.298 e. The Morgan fingerprint density at radius 2 is 2.21 bits per heavy atom. The van der Waals surface area contributed by atoms with Crippen molar-refractivity contribution >= 4 is 24.0 Å². The third-order valence-electron chi connectivity index (χ3n) is 1.80. The molecule has 0 amide bonds. The summed E-state index contributed by atoms with van der Waals surface area (Å²) in [5.41, 5.74) is 1.23. The third kappa shape index (κ3) is 2.96. The van der Waals surface area contributed by atoms with E-state index in [1.165, 1.54) is 12.1 Å². The van der Waals surface area contributed by atoms with Crippen LogP contribution in [0.1, 0.15) is 18.9 Å². The number of hydrogen-bond acceptors (Lipinski definition) is 1. The van der Waals surface area contributed by atoms with Gasteiger partial charge in [-0.2, -0.15) is 0 Å². The van der Waals surface area contributed by atoms with Crippen molar-refractivity contribution in [3.63, 3.8) is 0 Å². The molecular formula is C11H10ClFO. The van der Waals surface area contributed by atoms with Gasteiger partial charge in [0, 0.05) is 5.02 Å². The molecule has 74 valence electrons. The van der Waals surface area contributed by atoms with E-state index in [9.17, 15) is 9.18 Å². The van der Waals surface area contributed by atoms with Gasteiger partial charge in [-0.05, 0) is 41.8 Å². The van der Waals surface area contributed by atoms with Crippen LogP contribution in [-0.2, 0) is 4.79 Å². The van der Waals surface area contributed by atoms with E-state index in [0.717, 1.165) is 6.29 Å². The summed E-state index contributed by atoms with van der Waals surface area (Å²) in [6, 6.07) is 4.18. The van der Waals surface area contributed by atoms with Crippen LogP contribution in [0.2, 0.25) is 5.02 Å². The second-order valence-electron chi connectivity index (χ2n) is 2.89. The lowest BCUT2D eigenvalue weighted by molar-refractivity contribution is -0.104. The third-order valence-corrected chi connectivity index (χ3v) is 2.01. The van der Waals surface area contributed by atoms with Crippen molar-refractivity contribution in [3.8, 4) is 0 Å². The first-order chi connectivity index (χ1) is 6.65. The lowest BCUT2D eigenvalue weighted by Gasteiger charge is -1.98. The Kier molecular flexibility index (Phi) is 3.84. The predicted octanol–water partition coefficient (Wildman–Crippen LogP) is 3.47. The molecule has 1 nitrogen and oxygen atoms in total. The molecule has 0 N–H and O–H groups in total. The molecule has 0 aliphatic carbocycles. The Morgan fingerprint density at radius 1 is 1.50 bits per heavy atom. The first kappa shape index (κ1) is 10.9. The fraction of sp³-hybridized carbons (Fsp3) is 0.182. The standard InChI is InChI=1S/C11H10ClFO/c1-2-8(7-14)3-9-4-10(12)6-11(13)5-9/h3-7H,2H2,1H3/b8-3-. The highest BCUT2D eigenvalue weighted by Crippen LogP contribution is 2.16.